The van der Waals surface area contributed by atoms with Crippen LogP contribution in [0.4, 0.5) is 15.8 Å². The Morgan fingerprint density at radius 2 is 2.26 bits per heavy atom. The molecule has 8 heteroatoms. The Labute approximate surface area is 116 Å². The summed E-state index contributed by atoms with van der Waals surface area (Å²) in [5.41, 5.74) is -0.0861. The molecule has 6 nitrogen and oxygen atoms in total. The van der Waals surface area contributed by atoms with Crippen LogP contribution in [-0.4, -0.2) is 23.4 Å². The van der Waals surface area contributed by atoms with Crippen molar-refractivity contribution in [2.24, 2.45) is 0 Å². The molecule has 1 aliphatic heterocycles. The van der Waals surface area contributed by atoms with Crippen molar-refractivity contribution < 1.29 is 14.1 Å². The lowest BCUT2D eigenvalue weighted by molar-refractivity contribution is -0.384. The van der Waals surface area contributed by atoms with Crippen molar-refractivity contribution in [2.75, 3.05) is 11.9 Å². The molecule has 1 heterocycles. The van der Waals surface area contributed by atoms with Crippen molar-refractivity contribution in [1.29, 1.82) is 0 Å². The van der Waals surface area contributed by atoms with Gasteiger partial charge in [0.15, 0.2) is 0 Å². The van der Waals surface area contributed by atoms with Crippen LogP contribution in [0.25, 0.3) is 0 Å². The highest BCUT2D eigenvalue weighted by Crippen LogP contribution is 2.31. The summed E-state index contributed by atoms with van der Waals surface area (Å²) in [6.45, 7) is 0.394. The lowest BCUT2D eigenvalue weighted by Crippen LogP contribution is -2.41. The third-order valence-corrected chi connectivity index (χ3v) is 3.47. The number of hydrogen-bond acceptors (Lipinski definition) is 4. The number of nitrogens with one attached hydrogen (secondary N) is 2. The van der Waals surface area contributed by atoms with E-state index in [1.807, 2.05) is 0 Å². The summed E-state index contributed by atoms with van der Waals surface area (Å²) < 4.78 is 13.5. The molecule has 102 valence electrons. The molecule has 1 aromatic carbocycles. The van der Waals surface area contributed by atoms with Crippen molar-refractivity contribution >= 4 is 33.2 Å². The maximum Gasteiger partial charge on any atom is 0.295 e. The van der Waals surface area contributed by atoms with Crippen molar-refractivity contribution in [2.45, 2.75) is 18.9 Å². The van der Waals surface area contributed by atoms with Gasteiger partial charge in [-0.2, -0.15) is 0 Å². The highest BCUT2D eigenvalue weighted by atomic mass is 79.9. The van der Waals surface area contributed by atoms with Gasteiger partial charge in [-0.3, -0.25) is 14.9 Å². The van der Waals surface area contributed by atoms with Gasteiger partial charge in [-0.05, 0) is 28.4 Å². The van der Waals surface area contributed by atoms with Crippen LogP contribution in [-0.2, 0) is 4.79 Å². The monoisotopic (exact) mass is 331 g/mol. The van der Waals surface area contributed by atoms with E-state index in [-0.39, 0.29) is 27.8 Å². The topological polar surface area (TPSA) is 84.3 Å². The number of nitro groups is 1. The number of nitro benzene ring substituents is 1. The predicted octanol–water partition coefficient (Wildman–Crippen LogP) is 2.19. The lowest BCUT2D eigenvalue weighted by atomic mass is 10.1. The first kappa shape index (κ1) is 13.7. The zero-order valence-electron chi connectivity index (χ0n) is 9.78. The summed E-state index contributed by atoms with van der Waals surface area (Å²) in [5, 5.41) is 16.5. The minimum Gasteiger partial charge on any atom is -0.375 e. The molecule has 0 saturated carbocycles. The number of nitrogens with zero attached hydrogens (tertiary/aromatic N) is 1. The number of halogens is 2. The molecule has 0 aromatic heterocycles. The minimum atomic E-state index is -0.686. The standard InChI is InChI=1S/C11H11BrFN3O3/c12-7-3-9(10(16(18)19)4-8(7)13)15-6-1-2-11(17)14-5-6/h3-4,6,15H,1-2,5H2,(H,14,17). The van der Waals surface area contributed by atoms with E-state index in [1.165, 1.54) is 6.07 Å². The van der Waals surface area contributed by atoms with Crippen molar-refractivity contribution in [3.8, 4) is 0 Å². The van der Waals surface area contributed by atoms with Gasteiger partial charge in [0.2, 0.25) is 5.91 Å². The molecule has 19 heavy (non-hydrogen) atoms. The molecule has 1 aliphatic rings. The molecule has 1 aromatic rings. The minimum absolute atomic E-state index is 0.0344. The largest absolute Gasteiger partial charge is 0.375 e. The summed E-state index contributed by atoms with van der Waals surface area (Å²) in [6.07, 6.45) is 0.950. The van der Waals surface area contributed by atoms with Gasteiger partial charge in [0.25, 0.3) is 5.69 Å². The van der Waals surface area contributed by atoms with E-state index >= 15 is 0 Å². The van der Waals surface area contributed by atoms with E-state index in [0.29, 0.717) is 19.4 Å². The number of anilines is 1. The van der Waals surface area contributed by atoms with Crippen LogP contribution in [0.2, 0.25) is 0 Å². The Morgan fingerprint density at radius 1 is 1.53 bits per heavy atom. The van der Waals surface area contributed by atoms with E-state index in [0.717, 1.165) is 6.07 Å². The van der Waals surface area contributed by atoms with Gasteiger partial charge in [-0.15, -0.1) is 0 Å². The van der Waals surface area contributed by atoms with Gasteiger partial charge < -0.3 is 10.6 Å². The normalized spacial score (nSPS) is 18.8. The van der Waals surface area contributed by atoms with E-state index < -0.39 is 10.7 Å². The van der Waals surface area contributed by atoms with Gasteiger partial charge in [-0.1, -0.05) is 0 Å². The molecule has 1 atom stereocenters. The van der Waals surface area contributed by atoms with Gasteiger partial charge in [0.1, 0.15) is 11.5 Å². The van der Waals surface area contributed by atoms with E-state index in [4.69, 9.17) is 0 Å². The molecule has 0 spiro atoms. The molecule has 2 N–H and O–H groups in total. The number of carbonyl (C=O) groups is 1. The fraction of sp³-hybridized carbons (Fsp3) is 0.364. The average Bonchev–Trinajstić information content (AvgIpc) is 2.36. The summed E-state index contributed by atoms with van der Waals surface area (Å²) in [4.78, 5) is 21.3. The lowest BCUT2D eigenvalue weighted by Gasteiger charge is -2.24. The SMILES string of the molecule is O=C1CCC(Nc2cc(Br)c(F)cc2[N+](=O)[O-])CN1. The van der Waals surface area contributed by atoms with Crippen LogP contribution in [0.15, 0.2) is 16.6 Å². The Balaban J connectivity index is 2.21. The second-order valence-electron chi connectivity index (χ2n) is 4.22. The molecule has 0 radical (unpaired) electrons. The number of piperidine rings is 1. The van der Waals surface area contributed by atoms with Crippen LogP contribution < -0.4 is 10.6 Å². The van der Waals surface area contributed by atoms with E-state index in [2.05, 4.69) is 26.6 Å². The third kappa shape index (κ3) is 3.19. The molecule has 1 unspecified atom stereocenters. The summed E-state index contributed by atoms with van der Waals surface area (Å²) >= 11 is 3.00. The zero-order chi connectivity index (χ0) is 14.0. The smallest absolute Gasteiger partial charge is 0.295 e. The summed E-state index contributed by atoms with van der Waals surface area (Å²) in [6, 6.07) is 2.10. The molecular formula is C11H11BrFN3O3. The van der Waals surface area contributed by atoms with Gasteiger partial charge in [0, 0.05) is 19.0 Å². The second kappa shape index (κ2) is 5.52. The number of amides is 1. The quantitative estimate of drug-likeness (QED) is 0.656. The Kier molecular flexibility index (Phi) is 3.98. The highest BCUT2D eigenvalue weighted by Gasteiger charge is 2.23. The zero-order valence-corrected chi connectivity index (χ0v) is 11.4. The first-order chi connectivity index (χ1) is 8.97. The van der Waals surface area contributed by atoms with Gasteiger partial charge >= 0.3 is 0 Å². The van der Waals surface area contributed by atoms with Crippen LogP contribution in [0, 0.1) is 15.9 Å². The first-order valence-electron chi connectivity index (χ1n) is 5.64. The maximum absolute atomic E-state index is 13.3. The Morgan fingerprint density at radius 3 is 2.84 bits per heavy atom. The van der Waals surface area contributed by atoms with E-state index in [1.54, 1.807) is 0 Å². The van der Waals surface area contributed by atoms with Crippen LogP contribution >= 0.6 is 15.9 Å². The van der Waals surface area contributed by atoms with E-state index in [9.17, 15) is 19.3 Å². The van der Waals surface area contributed by atoms with Crippen LogP contribution in [0.1, 0.15) is 12.8 Å². The molecule has 1 fully saturated rings. The molecule has 0 aliphatic carbocycles. The molecule has 1 saturated heterocycles. The second-order valence-corrected chi connectivity index (χ2v) is 5.08. The summed E-state index contributed by atoms with van der Waals surface area (Å²) in [7, 11) is 0. The number of rotatable bonds is 3. The molecule has 2 rings (SSSR count). The first-order valence-corrected chi connectivity index (χ1v) is 6.43. The average molecular weight is 332 g/mol. The molecule has 1 amide bonds. The van der Waals surface area contributed by atoms with Gasteiger partial charge in [0.05, 0.1) is 15.5 Å². The third-order valence-electron chi connectivity index (χ3n) is 2.86. The predicted molar refractivity (Wildman–Crippen MR) is 70.4 cm³/mol. The van der Waals surface area contributed by atoms with Crippen molar-refractivity contribution in [1.82, 2.24) is 5.32 Å². The molecular weight excluding hydrogens is 321 g/mol. The fourth-order valence-electron chi connectivity index (χ4n) is 1.88. The highest BCUT2D eigenvalue weighted by molar-refractivity contribution is 9.10. The fourth-order valence-corrected chi connectivity index (χ4v) is 2.22. The number of carbonyl (C=O) groups excluding carboxylic acids is 1. The Hall–Kier alpha value is -1.70. The maximum atomic E-state index is 13.3. The summed E-state index contributed by atoms with van der Waals surface area (Å²) in [5.74, 6) is -0.720. The number of benzene rings is 1. The van der Waals surface area contributed by atoms with Crippen LogP contribution in [0.3, 0.4) is 0 Å². The van der Waals surface area contributed by atoms with Crippen molar-refractivity contribution in [3.63, 3.8) is 0 Å². The Bertz CT molecular complexity index is 528. The van der Waals surface area contributed by atoms with Crippen LogP contribution in [0.5, 0.6) is 0 Å². The number of hydrogen-bond donors (Lipinski definition) is 2. The van der Waals surface area contributed by atoms with Gasteiger partial charge in [-0.25, -0.2) is 4.39 Å². The van der Waals surface area contributed by atoms with Crippen molar-refractivity contribution in [3.05, 3.63) is 32.5 Å². The molecule has 0 bridgehead atoms.